The predicted octanol–water partition coefficient (Wildman–Crippen LogP) is 2.22. The third-order valence-electron chi connectivity index (χ3n) is 5.65. The smallest absolute Gasteiger partial charge is 0.408 e. The summed E-state index contributed by atoms with van der Waals surface area (Å²) in [6, 6.07) is 9.46. The van der Waals surface area contributed by atoms with Crippen LogP contribution in [0.3, 0.4) is 0 Å². The van der Waals surface area contributed by atoms with E-state index in [-0.39, 0.29) is 23.5 Å². The molecule has 0 aliphatic heterocycles. The molecule has 2 atom stereocenters. The van der Waals surface area contributed by atoms with Gasteiger partial charge in [0, 0.05) is 12.0 Å². The molecule has 0 radical (unpaired) electrons. The fourth-order valence-corrected chi connectivity index (χ4v) is 3.77. The summed E-state index contributed by atoms with van der Waals surface area (Å²) in [6.07, 6.45) is -0.997. The molecular formula is C28H34N4O8. The van der Waals surface area contributed by atoms with Crippen molar-refractivity contribution in [1.29, 1.82) is 5.26 Å². The highest BCUT2D eigenvalue weighted by molar-refractivity contribution is 5.94. The van der Waals surface area contributed by atoms with Gasteiger partial charge in [-0.25, -0.2) is 4.79 Å². The Kier molecular flexibility index (Phi) is 10.9. The van der Waals surface area contributed by atoms with Gasteiger partial charge < -0.3 is 35.2 Å². The van der Waals surface area contributed by atoms with Crippen LogP contribution < -0.4 is 10.6 Å². The zero-order chi connectivity index (χ0) is 30.0. The number of carbonyl (C=O) groups excluding carboxylic acids is 4. The standard InChI is InChI=1S/C28H34N4O8/c1-17-7-6-8-20(24(17)35)23(25(36)30-16-22(34)39-5)32(14-13-29)26(37)21(31-27(38)40-28(2,3)4)15-18-9-11-19(33)12-10-18/h6-12,21,23,33,35H,14-16H2,1-5H3,(H,30,36)(H,31,38). The third kappa shape index (κ3) is 8.90. The van der Waals surface area contributed by atoms with Crippen LogP contribution in [0.1, 0.15) is 43.5 Å². The van der Waals surface area contributed by atoms with E-state index in [0.717, 1.165) is 12.0 Å². The van der Waals surface area contributed by atoms with Crippen LogP contribution in [0, 0.1) is 18.3 Å². The molecule has 214 valence electrons. The molecule has 2 aromatic carbocycles. The summed E-state index contributed by atoms with van der Waals surface area (Å²) in [5.74, 6) is -2.74. The van der Waals surface area contributed by atoms with Crippen LogP contribution in [0.25, 0.3) is 0 Å². The van der Waals surface area contributed by atoms with E-state index in [4.69, 9.17) is 4.74 Å². The van der Waals surface area contributed by atoms with Crippen molar-refractivity contribution in [3.63, 3.8) is 0 Å². The molecule has 2 aromatic rings. The molecule has 0 saturated heterocycles. The Balaban J connectivity index is 2.58. The average molecular weight is 555 g/mol. The van der Waals surface area contributed by atoms with Crippen LogP contribution in [0.5, 0.6) is 11.5 Å². The van der Waals surface area contributed by atoms with Gasteiger partial charge in [0.1, 0.15) is 42.3 Å². The summed E-state index contributed by atoms with van der Waals surface area (Å²) in [5.41, 5.74) is 0.0765. The minimum atomic E-state index is -1.56. The number of nitriles is 1. The lowest BCUT2D eigenvalue weighted by atomic mass is 9.98. The summed E-state index contributed by atoms with van der Waals surface area (Å²) in [6.45, 7) is 5.40. The number of esters is 1. The number of alkyl carbamates (subject to hydrolysis) is 1. The van der Waals surface area contributed by atoms with E-state index < -0.39 is 54.7 Å². The molecule has 0 bridgehead atoms. The Morgan fingerprint density at radius 2 is 1.73 bits per heavy atom. The largest absolute Gasteiger partial charge is 0.508 e. The summed E-state index contributed by atoms with van der Waals surface area (Å²) < 4.78 is 9.89. The molecule has 0 fully saturated rings. The number of nitrogens with zero attached hydrogens (tertiary/aromatic N) is 2. The van der Waals surface area contributed by atoms with Gasteiger partial charge in [0.15, 0.2) is 0 Å². The topological polar surface area (TPSA) is 178 Å². The lowest BCUT2D eigenvalue weighted by Gasteiger charge is -2.33. The van der Waals surface area contributed by atoms with E-state index in [2.05, 4.69) is 15.4 Å². The van der Waals surface area contributed by atoms with Crippen molar-refractivity contribution in [1.82, 2.24) is 15.5 Å². The Morgan fingerprint density at radius 1 is 1.07 bits per heavy atom. The average Bonchev–Trinajstić information content (AvgIpc) is 2.88. The third-order valence-corrected chi connectivity index (χ3v) is 5.65. The monoisotopic (exact) mass is 554 g/mol. The molecular weight excluding hydrogens is 520 g/mol. The lowest BCUT2D eigenvalue weighted by Crippen LogP contribution is -2.54. The van der Waals surface area contributed by atoms with Gasteiger partial charge in [0.2, 0.25) is 11.8 Å². The predicted molar refractivity (Wildman–Crippen MR) is 143 cm³/mol. The molecule has 0 heterocycles. The number of aryl methyl sites for hydroxylation is 1. The number of aromatic hydroxyl groups is 2. The first-order chi connectivity index (χ1) is 18.8. The van der Waals surface area contributed by atoms with Gasteiger partial charge in [0.05, 0.1) is 13.2 Å². The van der Waals surface area contributed by atoms with Crippen LogP contribution in [0.4, 0.5) is 4.79 Å². The van der Waals surface area contributed by atoms with Crippen molar-refractivity contribution >= 4 is 23.9 Å². The number of carbonyl (C=O) groups is 4. The first-order valence-electron chi connectivity index (χ1n) is 12.3. The van der Waals surface area contributed by atoms with Crippen LogP contribution in [-0.4, -0.2) is 70.8 Å². The molecule has 0 aliphatic carbocycles. The minimum Gasteiger partial charge on any atom is -0.508 e. The van der Waals surface area contributed by atoms with E-state index in [0.29, 0.717) is 11.1 Å². The van der Waals surface area contributed by atoms with Crippen molar-refractivity contribution in [2.24, 2.45) is 0 Å². The first-order valence-corrected chi connectivity index (χ1v) is 12.3. The lowest BCUT2D eigenvalue weighted by molar-refractivity contribution is -0.144. The quantitative estimate of drug-likeness (QED) is 0.253. The maximum atomic E-state index is 14.0. The van der Waals surface area contributed by atoms with Gasteiger partial charge in [-0.15, -0.1) is 0 Å². The SMILES string of the molecule is COC(=O)CNC(=O)C(c1cccc(C)c1O)N(CC#N)C(=O)C(Cc1ccc(O)cc1)NC(=O)OC(C)(C)C. The van der Waals surface area contributed by atoms with Gasteiger partial charge in [-0.1, -0.05) is 30.3 Å². The van der Waals surface area contributed by atoms with Crippen LogP contribution in [-0.2, 0) is 30.3 Å². The van der Waals surface area contributed by atoms with E-state index in [1.807, 2.05) is 6.07 Å². The Labute approximate surface area is 232 Å². The van der Waals surface area contributed by atoms with Gasteiger partial charge in [0.25, 0.3) is 0 Å². The van der Waals surface area contributed by atoms with Crippen LogP contribution in [0.15, 0.2) is 42.5 Å². The minimum absolute atomic E-state index is 0.00454. The maximum Gasteiger partial charge on any atom is 0.408 e. The molecule has 0 spiro atoms. The molecule has 12 nitrogen and oxygen atoms in total. The van der Waals surface area contributed by atoms with Crippen LogP contribution in [0.2, 0.25) is 0 Å². The molecule has 12 heteroatoms. The second-order valence-electron chi connectivity index (χ2n) is 9.90. The summed E-state index contributed by atoms with van der Waals surface area (Å²) in [7, 11) is 1.14. The Morgan fingerprint density at radius 3 is 2.30 bits per heavy atom. The molecule has 4 N–H and O–H groups in total. The Hall–Kier alpha value is -4.79. The highest BCUT2D eigenvalue weighted by Gasteiger charge is 2.38. The molecule has 3 amide bonds. The maximum absolute atomic E-state index is 14.0. The number of nitrogens with one attached hydrogen (secondary N) is 2. The number of rotatable bonds is 10. The van der Waals surface area contributed by atoms with E-state index in [9.17, 15) is 34.7 Å². The van der Waals surface area contributed by atoms with Crippen molar-refractivity contribution in [3.05, 3.63) is 59.2 Å². The number of para-hydroxylation sites is 1. The number of hydrogen-bond acceptors (Lipinski definition) is 9. The zero-order valence-corrected chi connectivity index (χ0v) is 23.1. The number of phenolic OH excluding ortho intramolecular Hbond substituents is 2. The van der Waals surface area contributed by atoms with Crippen molar-refractivity contribution < 1.29 is 38.9 Å². The van der Waals surface area contributed by atoms with E-state index in [1.165, 1.54) is 18.2 Å². The fourth-order valence-electron chi connectivity index (χ4n) is 3.77. The molecule has 0 saturated carbocycles. The highest BCUT2D eigenvalue weighted by atomic mass is 16.6. The molecule has 40 heavy (non-hydrogen) atoms. The number of ether oxygens (including phenoxy) is 2. The number of hydrogen-bond donors (Lipinski definition) is 4. The van der Waals surface area contributed by atoms with Gasteiger partial charge in [-0.05, 0) is 51.0 Å². The zero-order valence-electron chi connectivity index (χ0n) is 23.1. The molecule has 2 rings (SSSR count). The van der Waals surface area contributed by atoms with Gasteiger partial charge in [-0.3, -0.25) is 14.4 Å². The van der Waals surface area contributed by atoms with Crippen molar-refractivity contribution in [3.8, 4) is 17.6 Å². The fraction of sp³-hybridized carbons (Fsp3) is 0.393. The molecule has 2 unspecified atom stereocenters. The molecule has 0 aliphatic rings. The first kappa shape index (κ1) is 31.4. The van der Waals surface area contributed by atoms with Crippen molar-refractivity contribution in [2.45, 2.75) is 51.8 Å². The number of benzene rings is 2. The summed E-state index contributed by atoms with van der Waals surface area (Å²) in [4.78, 5) is 52.7. The Bertz CT molecular complexity index is 1260. The van der Waals surface area contributed by atoms with Gasteiger partial charge >= 0.3 is 12.1 Å². The number of phenols is 2. The number of amides is 3. The van der Waals surface area contributed by atoms with Gasteiger partial charge in [-0.2, -0.15) is 5.26 Å². The normalized spacial score (nSPS) is 12.3. The van der Waals surface area contributed by atoms with E-state index >= 15 is 0 Å². The van der Waals surface area contributed by atoms with Crippen molar-refractivity contribution in [2.75, 3.05) is 20.2 Å². The van der Waals surface area contributed by atoms with E-state index in [1.54, 1.807) is 52.0 Å². The number of methoxy groups -OCH3 is 1. The van der Waals surface area contributed by atoms with Crippen LogP contribution >= 0.6 is 0 Å². The summed E-state index contributed by atoms with van der Waals surface area (Å²) in [5, 5.41) is 35.0. The second-order valence-corrected chi connectivity index (χ2v) is 9.90. The molecule has 0 aromatic heterocycles. The second kappa shape index (κ2) is 13.8. The summed E-state index contributed by atoms with van der Waals surface area (Å²) >= 11 is 0. The highest BCUT2D eigenvalue weighted by Crippen LogP contribution is 2.32.